The number of nitrogens with zero attached hydrogens (tertiary/aromatic N) is 2. The first kappa shape index (κ1) is 20.9. The van der Waals surface area contributed by atoms with Gasteiger partial charge in [0, 0.05) is 11.4 Å². The van der Waals surface area contributed by atoms with Gasteiger partial charge < -0.3 is 15.4 Å². The van der Waals surface area contributed by atoms with Crippen molar-refractivity contribution in [3.8, 4) is 5.75 Å². The summed E-state index contributed by atoms with van der Waals surface area (Å²) in [4.78, 5) is 24.5. The average Bonchev–Trinajstić information content (AvgIpc) is 3.06. The summed E-state index contributed by atoms with van der Waals surface area (Å²) < 4.78 is 5.21. The van der Waals surface area contributed by atoms with Crippen LogP contribution in [0.2, 0.25) is 5.02 Å². The number of carbonyl (C=O) groups excluding carboxylic acids is 2. The smallest absolute Gasteiger partial charge is 0.240 e. The lowest BCUT2D eigenvalue weighted by Gasteiger charge is -2.10. The number of carbonyl (C=O) groups is 2. The number of benzene rings is 2. The molecule has 2 amide bonds. The Labute approximate surface area is 177 Å². The van der Waals surface area contributed by atoms with Gasteiger partial charge in [0.1, 0.15) is 11.0 Å². The van der Waals surface area contributed by atoms with Gasteiger partial charge in [-0.15, -0.1) is 5.10 Å². The summed E-state index contributed by atoms with van der Waals surface area (Å²) in [7, 11) is 1.53. The monoisotopic (exact) mass is 430 g/mol. The van der Waals surface area contributed by atoms with E-state index in [1.807, 2.05) is 25.1 Å². The number of methoxy groups -OCH3 is 1. The molecule has 1 aliphatic rings. The quantitative estimate of drug-likeness (QED) is 0.540. The van der Waals surface area contributed by atoms with Crippen LogP contribution < -0.4 is 15.4 Å². The summed E-state index contributed by atoms with van der Waals surface area (Å²) in [5, 5.41) is 14.1. The molecule has 0 saturated carbocycles. The van der Waals surface area contributed by atoms with Gasteiger partial charge in [-0.05, 0) is 36.8 Å². The van der Waals surface area contributed by atoms with Crippen LogP contribution in [0.3, 0.4) is 0 Å². The maximum atomic E-state index is 12.3. The van der Waals surface area contributed by atoms with Crippen LogP contribution in [0.1, 0.15) is 18.9 Å². The molecule has 2 N–H and O–H groups in total. The van der Waals surface area contributed by atoms with Crippen LogP contribution >= 0.6 is 23.4 Å². The summed E-state index contributed by atoms with van der Waals surface area (Å²) in [5.74, 6) is -0.00819. The molecule has 9 heteroatoms. The normalized spacial score (nSPS) is 17.9. The minimum absolute atomic E-state index is 0.00739. The first-order valence-corrected chi connectivity index (χ1v) is 10.0. The van der Waals surface area contributed by atoms with Crippen LogP contribution in [0.4, 0.5) is 5.69 Å². The molecule has 3 rings (SSSR count). The zero-order chi connectivity index (χ0) is 20.8. The number of para-hydroxylation sites is 2. The molecule has 29 heavy (non-hydrogen) atoms. The van der Waals surface area contributed by atoms with E-state index < -0.39 is 5.25 Å². The largest absolute Gasteiger partial charge is 0.495 e. The fraction of sp³-hybridized carbons (Fsp3) is 0.200. The Balaban J connectivity index is 1.61. The van der Waals surface area contributed by atoms with E-state index in [0.29, 0.717) is 27.3 Å². The third kappa shape index (κ3) is 5.58. The number of nitrogens with one attached hydrogen (secondary N) is 2. The number of anilines is 1. The number of thioether (sulfide) groups is 1. The van der Waals surface area contributed by atoms with Gasteiger partial charge in [-0.3, -0.25) is 9.59 Å². The van der Waals surface area contributed by atoms with Gasteiger partial charge in [0.15, 0.2) is 5.17 Å². The molecule has 1 unspecified atom stereocenters. The van der Waals surface area contributed by atoms with Crippen molar-refractivity contribution in [1.29, 1.82) is 0 Å². The van der Waals surface area contributed by atoms with Crippen molar-refractivity contribution in [3.05, 3.63) is 59.1 Å². The predicted octanol–water partition coefficient (Wildman–Crippen LogP) is 3.69. The van der Waals surface area contributed by atoms with E-state index >= 15 is 0 Å². The second kappa shape index (κ2) is 9.58. The minimum atomic E-state index is -0.575. The van der Waals surface area contributed by atoms with E-state index in [4.69, 9.17) is 16.3 Å². The number of halogens is 1. The summed E-state index contributed by atoms with van der Waals surface area (Å²) in [5.41, 5.74) is 2.11. The van der Waals surface area contributed by atoms with Crippen molar-refractivity contribution in [1.82, 2.24) is 5.32 Å². The van der Waals surface area contributed by atoms with Crippen molar-refractivity contribution in [3.63, 3.8) is 0 Å². The zero-order valence-corrected chi connectivity index (χ0v) is 17.4. The molecule has 1 heterocycles. The van der Waals surface area contributed by atoms with Gasteiger partial charge in [0.25, 0.3) is 0 Å². The summed E-state index contributed by atoms with van der Waals surface area (Å²) >= 11 is 7.06. The highest BCUT2D eigenvalue weighted by molar-refractivity contribution is 8.15. The third-order valence-corrected chi connectivity index (χ3v) is 5.41. The van der Waals surface area contributed by atoms with E-state index in [9.17, 15) is 9.59 Å². The van der Waals surface area contributed by atoms with Crippen molar-refractivity contribution < 1.29 is 14.3 Å². The molecule has 0 bridgehead atoms. The highest BCUT2D eigenvalue weighted by atomic mass is 35.5. The van der Waals surface area contributed by atoms with Crippen LogP contribution in [-0.4, -0.2) is 35.1 Å². The molecule has 1 saturated heterocycles. The van der Waals surface area contributed by atoms with Crippen molar-refractivity contribution in [2.75, 3.05) is 12.4 Å². The van der Waals surface area contributed by atoms with E-state index in [1.54, 1.807) is 30.3 Å². The lowest BCUT2D eigenvalue weighted by Crippen LogP contribution is -2.28. The van der Waals surface area contributed by atoms with Crippen molar-refractivity contribution >= 4 is 51.7 Å². The molecule has 150 valence electrons. The standard InChI is InChI=1S/C20H19ClN4O3S/c1-12(13-7-9-14(21)10-8-13)24-25-20-23-19(27)17(29-20)11-18(26)22-15-5-3-4-6-16(15)28-2/h3-10,17H,11H2,1-2H3,(H,22,26)(H,23,25,27). The molecule has 2 aromatic rings. The fourth-order valence-electron chi connectivity index (χ4n) is 2.57. The van der Waals surface area contributed by atoms with Crippen LogP contribution in [0.5, 0.6) is 5.75 Å². The third-order valence-electron chi connectivity index (χ3n) is 4.08. The Morgan fingerprint density at radius 1 is 1.24 bits per heavy atom. The molecular formula is C20H19ClN4O3S. The predicted molar refractivity (Wildman–Crippen MR) is 117 cm³/mol. The molecule has 1 fully saturated rings. The molecule has 0 radical (unpaired) electrons. The Morgan fingerprint density at radius 2 is 1.97 bits per heavy atom. The Hall–Kier alpha value is -2.84. The number of hydrogen-bond acceptors (Lipinski definition) is 6. The summed E-state index contributed by atoms with van der Waals surface area (Å²) in [6.07, 6.45) is 0.00739. The van der Waals surface area contributed by atoms with Crippen LogP contribution in [-0.2, 0) is 9.59 Å². The highest BCUT2D eigenvalue weighted by Crippen LogP contribution is 2.26. The number of ether oxygens (including phenoxy) is 1. The molecule has 0 spiro atoms. The van der Waals surface area contributed by atoms with Gasteiger partial charge in [-0.2, -0.15) is 5.10 Å². The number of amidine groups is 1. The molecule has 1 atom stereocenters. The molecule has 1 aliphatic heterocycles. The molecular weight excluding hydrogens is 412 g/mol. The van der Waals surface area contributed by atoms with Gasteiger partial charge in [0.2, 0.25) is 11.8 Å². The fourth-order valence-corrected chi connectivity index (χ4v) is 3.62. The van der Waals surface area contributed by atoms with Gasteiger partial charge in [-0.1, -0.05) is 47.6 Å². The first-order valence-electron chi connectivity index (χ1n) is 8.75. The number of rotatable bonds is 6. The van der Waals surface area contributed by atoms with Crippen molar-refractivity contribution in [2.24, 2.45) is 10.2 Å². The summed E-state index contributed by atoms with van der Waals surface area (Å²) in [6, 6.07) is 14.3. The highest BCUT2D eigenvalue weighted by Gasteiger charge is 2.32. The SMILES string of the molecule is COc1ccccc1NC(=O)CC1SC(=NN=C(C)c2ccc(Cl)cc2)NC1=O. The molecule has 2 aromatic carbocycles. The second-order valence-corrected chi connectivity index (χ2v) is 7.77. The zero-order valence-electron chi connectivity index (χ0n) is 15.8. The molecule has 7 nitrogen and oxygen atoms in total. The Morgan fingerprint density at radius 3 is 2.69 bits per heavy atom. The lowest BCUT2D eigenvalue weighted by molar-refractivity contribution is -0.122. The maximum absolute atomic E-state index is 12.3. The Kier molecular flexibility index (Phi) is 6.90. The number of amides is 2. The van der Waals surface area contributed by atoms with Crippen LogP contribution in [0.25, 0.3) is 0 Å². The van der Waals surface area contributed by atoms with E-state index in [0.717, 1.165) is 5.56 Å². The van der Waals surface area contributed by atoms with Crippen molar-refractivity contribution in [2.45, 2.75) is 18.6 Å². The molecule has 0 aromatic heterocycles. The second-order valence-electron chi connectivity index (χ2n) is 6.15. The van der Waals surface area contributed by atoms with E-state index in [-0.39, 0.29) is 18.2 Å². The van der Waals surface area contributed by atoms with Gasteiger partial charge in [-0.25, -0.2) is 0 Å². The van der Waals surface area contributed by atoms with Crippen LogP contribution in [0.15, 0.2) is 58.7 Å². The minimum Gasteiger partial charge on any atom is -0.495 e. The van der Waals surface area contributed by atoms with E-state index in [2.05, 4.69) is 20.8 Å². The first-order chi connectivity index (χ1) is 14.0. The van der Waals surface area contributed by atoms with Crippen LogP contribution in [0, 0.1) is 0 Å². The van der Waals surface area contributed by atoms with Gasteiger partial charge >= 0.3 is 0 Å². The lowest BCUT2D eigenvalue weighted by atomic mass is 10.1. The van der Waals surface area contributed by atoms with E-state index in [1.165, 1.54) is 18.9 Å². The Bertz CT molecular complexity index is 976. The number of hydrogen-bond donors (Lipinski definition) is 2. The van der Waals surface area contributed by atoms with Gasteiger partial charge in [0.05, 0.1) is 18.5 Å². The maximum Gasteiger partial charge on any atom is 0.240 e. The topological polar surface area (TPSA) is 92.2 Å². The average molecular weight is 431 g/mol. The summed E-state index contributed by atoms with van der Waals surface area (Å²) in [6.45, 7) is 1.81. The molecule has 0 aliphatic carbocycles.